The zero-order valence-electron chi connectivity index (χ0n) is 36.7. The number of hydrogen-bond donors (Lipinski definition) is 6. The molecule has 324 valence electrons. The number of nitrogens with one attached hydrogen (secondary N) is 3. The van der Waals surface area contributed by atoms with Crippen LogP contribution in [0.15, 0.2) is 80.0 Å². The molecule has 0 saturated carbocycles. The number of hydrazone groups is 1. The van der Waals surface area contributed by atoms with Crippen molar-refractivity contribution in [3.05, 3.63) is 120 Å². The molecule has 2 aromatic carbocycles. The van der Waals surface area contributed by atoms with Crippen molar-refractivity contribution in [2.24, 2.45) is 22.4 Å². The molecule has 0 atom stereocenters. The van der Waals surface area contributed by atoms with Crippen molar-refractivity contribution in [1.29, 1.82) is 0 Å². The summed E-state index contributed by atoms with van der Waals surface area (Å²) < 4.78 is 8.41. The molecule has 15 nitrogen and oxygen atoms in total. The van der Waals surface area contributed by atoms with Crippen molar-refractivity contribution < 1.29 is 0 Å². The summed E-state index contributed by atoms with van der Waals surface area (Å²) in [6, 6.07) is 12.7. The van der Waals surface area contributed by atoms with E-state index in [0.717, 1.165) is 125 Å². The zero-order valence-corrected chi connectivity index (χ0v) is 36.7. The van der Waals surface area contributed by atoms with Gasteiger partial charge in [-0.1, -0.05) is 44.9 Å². The maximum Gasteiger partial charge on any atom is 0.208 e. The molecule has 0 unspecified atom stereocenters. The summed E-state index contributed by atoms with van der Waals surface area (Å²) in [4.78, 5) is 10.4. The van der Waals surface area contributed by atoms with Gasteiger partial charge in [0.2, 0.25) is 11.9 Å². The third kappa shape index (κ3) is 9.16. The van der Waals surface area contributed by atoms with Gasteiger partial charge in [0, 0.05) is 50.5 Å². The molecule has 1 aliphatic heterocycles. The average Bonchev–Trinajstić information content (AvgIpc) is 4.02. The fourth-order valence-electron chi connectivity index (χ4n) is 8.30. The number of rotatable bonds is 15. The molecule has 1 aliphatic rings. The number of aryl methyl sites for hydroxylation is 6. The topological polar surface area (TPSA) is 198 Å². The van der Waals surface area contributed by atoms with Gasteiger partial charge in [0.05, 0.1) is 56.2 Å². The second kappa shape index (κ2) is 18.7. The smallest absolute Gasteiger partial charge is 0.208 e. The lowest BCUT2D eigenvalue weighted by atomic mass is 9.98. The normalized spacial score (nSPS) is 14.0. The van der Waals surface area contributed by atoms with Gasteiger partial charge in [0.25, 0.3) is 0 Å². The molecule has 0 amide bonds. The van der Waals surface area contributed by atoms with Gasteiger partial charge in [0.15, 0.2) is 0 Å². The Morgan fingerprint density at radius 1 is 0.694 bits per heavy atom. The maximum absolute atomic E-state index is 6.33. The highest BCUT2D eigenvalue weighted by Gasteiger charge is 2.21. The Morgan fingerprint density at radius 3 is 1.68 bits per heavy atom. The van der Waals surface area contributed by atoms with E-state index in [1.165, 1.54) is 11.1 Å². The van der Waals surface area contributed by atoms with Gasteiger partial charge >= 0.3 is 0 Å². The van der Waals surface area contributed by atoms with Crippen molar-refractivity contribution in [3.63, 3.8) is 0 Å². The summed E-state index contributed by atoms with van der Waals surface area (Å²) >= 11 is 0. The molecule has 0 bridgehead atoms. The maximum atomic E-state index is 6.33. The first kappa shape index (κ1) is 43.1. The van der Waals surface area contributed by atoms with Crippen LogP contribution >= 0.6 is 0 Å². The van der Waals surface area contributed by atoms with Crippen LogP contribution in [0.2, 0.25) is 0 Å². The quantitative estimate of drug-likeness (QED) is 0.0149. The second-order valence-electron chi connectivity index (χ2n) is 16.0. The van der Waals surface area contributed by atoms with Crippen LogP contribution in [0.25, 0.3) is 44.9 Å². The van der Waals surface area contributed by atoms with Crippen LogP contribution in [0, 0.1) is 13.8 Å². The van der Waals surface area contributed by atoms with Crippen LogP contribution < -0.4 is 33.3 Å². The summed E-state index contributed by atoms with van der Waals surface area (Å²) in [6.45, 7) is 28.7. The predicted octanol–water partition coefficient (Wildman–Crippen LogP) is 7.63. The van der Waals surface area contributed by atoms with Gasteiger partial charge in [-0.25, -0.2) is 9.97 Å². The van der Waals surface area contributed by atoms with Gasteiger partial charge in [0.1, 0.15) is 5.84 Å². The number of benzene rings is 2. The first-order valence-corrected chi connectivity index (χ1v) is 21.5. The number of imidazole rings is 2. The first-order chi connectivity index (χ1) is 29.9. The predicted molar refractivity (Wildman–Crippen MR) is 256 cm³/mol. The molecule has 5 heterocycles. The van der Waals surface area contributed by atoms with Gasteiger partial charge in [-0.15, -0.1) is 0 Å². The lowest BCUT2D eigenvalue weighted by Gasteiger charge is -2.15. The van der Waals surface area contributed by atoms with Gasteiger partial charge in [-0.3, -0.25) is 9.36 Å². The van der Waals surface area contributed by atoms with Crippen LogP contribution in [0.1, 0.15) is 91.0 Å². The standard InChI is InChI=1S/C47H61N15/c1-9-61-41(23-29(3)57-61)33(7)52-46-54-39-27-37(31(5)48)25-35-17-12-11-13-18-36-26-38(32(6)51-20-16-19-43(49)56-50)28-40-45(36)60(22-15-14-21-59(46)44(35)39)47(55-40)53-34(8)42-24-30(4)58-62(42)10-2/h14-15,23-28,51H,5-13,16-22,48,50H2,1-4H3,(H2,49,56)(H,52,54)(H,53,55)/b15-14+. The Bertz CT molecular complexity index is 2730. The number of nitrogens with two attached hydrogens (primary N) is 3. The Hall–Kier alpha value is -7.03. The number of amidine groups is 1. The molecule has 4 aromatic heterocycles. The van der Waals surface area contributed by atoms with Crippen LogP contribution in [-0.2, 0) is 39.0 Å². The number of aromatic nitrogens is 8. The van der Waals surface area contributed by atoms with Crippen molar-refractivity contribution in [3.8, 4) is 0 Å². The Morgan fingerprint density at radius 2 is 1.19 bits per heavy atom. The van der Waals surface area contributed by atoms with E-state index in [4.69, 9.17) is 27.3 Å². The zero-order chi connectivity index (χ0) is 44.1. The van der Waals surface area contributed by atoms with Crippen LogP contribution in [0.5, 0.6) is 0 Å². The molecular formula is C47H61N15. The molecule has 0 radical (unpaired) electrons. The van der Waals surface area contributed by atoms with Gasteiger partial charge in [-0.2, -0.15) is 15.3 Å². The highest BCUT2D eigenvalue weighted by atomic mass is 15.3. The fourth-order valence-corrected chi connectivity index (χ4v) is 8.30. The Kier molecular flexibility index (Phi) is 13.0. The van der Waals surface area contributed by atoms with Crippen molar-refractivity contribution >= 4 is 62.6 Å². The van der Waals surface area contributed by atoms with Crippen molar-refractivity contribution in [2.75, 3.05) is 17.2 Å². The van der Waals surface area contributed by atoms with E-state index >= 15 is 0 Å². The van der Waals surface area contributed by atoms with E-state index < -0.39 is 0 Å². The molecule has 0 aliphatic carbocycles. The van der Waals surface area contributed by atoms with E-state index in [-0.39, 0.29) is 0 Å². The lowest BCUT2D eigenvalue weighted by Crippen LogP contribution is -2.18. The molecule has 7 rings (SSSR count). The summed E-state index contributed by atoms with van der Waals surface area (Å²) in [5, 5.41) is 23.6. The average molecular weight is 836 g/mol. The monoisotopic (exact) mass is 836 g/mol. The number of allylic oxidation sites excluding steroid dienone is 2. The van der Waals surface area contributed by atoms with E-state index in [1.807, 2.05) is 41.4 Å². The van der Waals surface area contributed by atoms with Crippen LogP contribution in [0.3, 0.4) is 0 Å². The minimum Gasteiger partial charge on any atom is -0.399 e. The molecule has 0 saturated heterocycles. The minimum atomic E-state index is 0.427. The number of anilines is 2. The van der Waals surface area contributed by atoms with Crippen LogP contribution in [-0.4, -0.2) is 51.0 Å². The van der Waals surface area contributed by atoms with Crippen molar-refractivity contribution in [1.82, 2.24) is 44.0 Å². The van der Waals surface area contributed by atoms with E-state index in [1.54, 1.807) is 0 Å². The van der Waals surface area contributed by atoms with Crippen molar-refractivity contribution in [2.45, 2.75) is 98.8 Å². The summed E-state index contributed by atoms with van der Waals surface area (Å²) in [5.41, 5.74) is 26.8. The molecule has 15 heteroatoms. The second-order valence-corrected chi connectivity index (χ2v) is 16.0. The van der Waals surface area contributed by atoms with Gasteiger partial charge < -0.3 is 42.4 Å². The third-order valence-corrected chi connectivity index (χ3v) is 11.4. The highest BCUT2D eigenvalue weighted by molar-refractivity contribution is 5.89. The molecule has 6 aromatic rings. The van der Waals surface area contributed by atoms with Crippen LogP contribution in [0.4, 0.5) is 11.9 Å². The highest BCUT2D eigenvalue weighted by Crippen LogP contribution is 2.33. The van der Waals surface area contributed by atoms with Gasteiger partial charge in [-0.05, 0) is 118 Å². The molecule has 9 N–H and O–H groups in total. The lowest BCUT2D eigenvalue weighted by molar-refractivity contribution is 0.645. The molecule has 62 heavy (non-hydrogen) atoms. The number of nitrogens with zero attached hydrogens (tertiary/aromatic N) is 9. The van der Waals surface area contributed by atoms with E-state index in [0.29, 0.717) is 49.5 Å². The summed E-state index contributed by atoms with van der Waals surface area (Å²) in [7, 11) is 0. The molecular weight excluding hydrogens is 775 g/mol. The largest absolute Gasteiger partial charge is 0.399 e. The SMILES string of the molecule is C=C(N)c1cc2c3c(c1)nc(NC(=C)c1cc(C)nn1CC)n3C/C=C/Cn1c(NC(=C)c3cc(C)nn3CC)nc3cc(C(=C)NCCCC(N)=NN)cc(c31)CCCCC2. The molecule has 0 fully saturated rings. The summed E-state index contributed by atoms with van der Waals surface area (Å²) in [6.07, 6.45) is 10.4. The third-order valence-electron chi connectivity index (χ3n) is 11.4. The van der Waals surface area contributed by atoms with E-state index in [2.05, 4.69) is 111 Å². The summed E-state index contributed by atoms with van der Waals surface area (Å²) in [5.74, 6) is 7.16. The fraction of sp³-hybridized carbons (Fsp3) is 0.340. The van der Waals surface area contributed by atoms with E-state index in [9.17, 15) is 0 Å². The Labute approximate surface area is 363 Å². The minimum absolute atomic E-state index is 0.427. The first-order valence-electron chi connectivity index (χ1n) is 21.5. The molecule has 0 spiro atoms. The Balaban J connectivity index is 1.29. The number of hydrogen-bond acceptors (Lipinski definition) is 10.